The van der Waals surface area contributed by atoms with Crippen molar-refractivity contribution in [3.63, 3.8) is 0 Å². The van der Waals surface area contributed by atoms with Gasteiger partial charge in [-0.3, -0.25) is 4.79 Å². The molecule has 0 amide bonds. The van der Waals surface area contributed by atoms with E-state index in [0.717, 1.165) is 22.9 Å². The Hall–Kier alpha value is -3.67. The van der Waals surface area contributed by atoms with Gasteiger partial charge in [-0.15, -0.1) is 0 Å². The first-order valence-electron chi connectivity index (χ1n) is 8.96. The Balaban J connectivity index is 1.41. The standard InChI is InChI=1S/C22H18N2O4/c1-23-15-7-3-5-9-17(15)27-19(23)11-13-21(25)14(22(13)26)12-20-24(2)16-8-4-6-10-18(16)28-20/h3-13,25H,1-2H3/b19-11-,20-12+. The summed E-state index contributed by atoms with van der Waals surface area (Å²) in [5.41, 5.74) is 2.10. The van der Waals surface area contributed by atoms with Crippen LogP contribution < -0.4 is 19.3 Å². The highest BCUT2D eigenvalue weighted by atomic mass is 16.5. The highest BCUT2D eigenvalue weighted by Crippen LogP contribution is 2.42. The van der Waals surface area contributed by atoms with Gasteiger partial charge >= 0.3 is 0 Å². The third-order valence-electron chi connectivity index (χ3n) is 5.24. The van der Waals surface area contributed by atoms with Crippen LogP contribution in [0.5, 0.6) is 11.5 Å². The van der Waals surface area contributed by atoms with Gasteiger partial charge in [-0.05, 0) is 30.3 Å². The number of Topliss-reactive ketones (excluding diaryl/α,β-unsaturated/α-hetero) is 1. The third-order valence-corrected chi connectivity index (χ3v) is 5.24. The number of hydrogen-bond acceptors (Lipinski definition) is 6. The van der Waals surface area contributed by atoms with E-state index in [2.05, 4.69) is 0 Å². The number of para-hydroxylation sites is 4. The van der Waals surface area contributed by atoms with Crippen molar-refractivity contribution in [3.05, 3.63) is 83.8 Å². The molecule has 1 aliphatic carbocycles. The quantitative estimate of drug-likeness (QED) is 0.864. The summed E-state index contributed by atoms with van der Waals surface area (Å²) in [6.07, 6.45) is 3.23. The van der Waals surface area contributed by atoms with Crippen LogP contribution in [-0.2, 0) is 4.79 Å². The van der Waals surface area contributed by atoms with E-state index in [9.17, 15) is 9.90 Å². The molecule has 1 atom stereocenters. The number of rotatable bonds is 2. The first kappa shape index (κ1) is 16.5. The van der Waals surface area contributed by atoms with Crippen LogP contribution in [0, 0.1) is 5.92 Å². The molecule has 2 aromatic rings. The Kier molecular flexibility index (Phi) is 3.49. The molecule has 5 rings (SSSR count). The van der Waals surface area contributed by atoms with E-state index in [0.29, 0.717) is 11.8 Å². The molecule has 0 saturated carbocycles. The number of aliphatic hydroxyl groups excluding tert-OH is 1. The van der Waals surface area contributed by atoms with E-state index in [1.54, 1.807) is 12.2 Å². The van der Waals surface area contributed by atoms with Crippen LogP contribution in [0.15, 0.2) is 83.8 Å². The van der Waals surface area contributed by atoms with E-state index in [1.807, 2.05) is 72.4 Å². The Morgan fingerprint density at radius 2 is 1.43 bits per heavy atom. The minimum atomic E-state index is -0.715. The molecule has 2 heterocycles. The monoisotopic (exact) mass is 374 g/mol. The first-order chi connectivity index (χ1) is 13.5. The number of benzene rings is 2. The lowest BCUT2D eigenvalue weighted by molar-refractivity contribution is -0.120. The number of ether oxygens (including phenoxy) is 2. The Labute approximate surface area is 162 Å². The number of allylic oxidation sites excluding steroid dienone is 3. The fraction of sp³-hybridized carbons (Fsp3) is 0.136. The average molecular weight is 374 g/mol. The van der Waals surface area contributed by atoms with Crippen molar-refractivity contribution in [2.24, 2.45) is 5.92 Å². The summed E-state index contributed by atoms with van der Waals surface area (Å²) in [4.78, 5) is 16.4. The van der Waals surface area contributed by atoms with Crippen molar-refractivity contribution in [3.8, 4) is 11.5 Å². The zero-order chi connectivity index (χ0) is 19.4. The van der Waals surface area contributed by atoms with Gasteiger partial charge in [-0.25, -0.2) is 0 Å². The Morgan fingerprint density at radius 3 is 2.00 bits per heavy atom. The van der Waals surface area contributed by atoms with Gasteiger partial charge in [0.15, 0.2) is 23.2 Å². The fourth-order valence-electron chi connectivity index (χ4n) is 3.59. The van der Waals surface area contributed by atoms with E-state index in [4.69, 9.17) is 9.47 Å². The van der Waals surface area contributed by atoms with Crippen LogP contribution in [0.2, 0.25) is 0 Å². The van der Waals surface area contributed by atoms with Gasteiger partial charge in [-0.2, -0.15) is 0 Å². The van der Waals surface area contributed by atoms with Crippen LogP contribution in [0.25, 0.3) is 0 Å². The van der Waals surface area contributed by atoms with Crippen molar-refractivity contribution in [1.82, 2.24) is 0 Å². The topological polar surface area (TPSA) is 62.2 Å². The molecule has 0 aromatic heterocycles. The molecule has 0 saturated heterocycles. The van der Waals surface area contributed by atoms with E-state index >= 15 is 0 Å². The molecule has 2 aromatic carbocycles. The highest BCUT2D eigenvalue weighted by Gasteiger charge is 2.40. The maximum atomic E-state index is 12.7. The average Bonchev–Trinajstić information content (AvgIpc) is 3.21. The maximum Gasteiger partial charge on any atom is 0.201 e. The second-order valence-corrected chi connectivity index (χ2v) is 6.89. The van der Waals surface area contributed by atoms with Gasteiger partial charge in [0.05, 0.1) is 16.9 Å². The van der Waals surface area contributed by atoms with Crippen molar-refractivity contribution in [2.75, 3.05) is 23.9 Å². The number of hydrogen-bond donors (Lipinski definition) is 1. The SMILES string of the molecule is CN1/C(=C/C2C(=O)C(/C=C3/Oc4ccccc4N3C)=C2O)Oc2ccccc21. The molecule has 1 N–H and O–H groups in total. The summed E-state index contributed by atoms with van der Waals surface area (Å²) >= 11 is 0. The van der Waals surface area contributed by atoms with Gasteiger partial charge in [0.1, 0.15) is 11.7 Å². The largest absolute Gasteiger partial charge is 0.510 e. The normalized spacial score (nSPS) is 22.9. The van der Waals surface area contributed by atoms with Crippen LogP contribution >= 0.6 is 0 Å². The van der Waals surface area contributed by atoms with Crippen molar-refractivity contribution < 1.29 is 19.4 Å². The van der Waals surface area contributed by atoms with E-state index in [-0.39, 0.29) is 17.1 Å². The van der Waals surface area contributed by atoms with Crippen LogP contribution in [-0.4, -0.2) is 25.0 Å². The van der Waals surface area contributed by atoms with Gasteiger partial charge in [-0.1, -0.05) is 24.3 Å². The summed E-state index contributed by atoms with van der Waals surface area (Å²) in [7, 11) is 3.72. The molecule has 0 fully saturated rings. The molecular weight excluding hydrogens is 356 g/mol. The minimum absolute atomic E-state index is 0.0194. The van der Waals surface area contributed by atoms with Crippen molar-refractivity contribution >= 4 is 17.2 Å². The number of nitrogens with zero attached hydrogens (tertiary/aromatic N) is 2. The second-order valence-electron chi connectivity index (χ2n) is 6.89. The molecule has 6 nitrogen and oxygen atoms in total. The number of ketones is 1. The summed E-state index contributed by atoms with van der Waals surface area (Å²) < 4.78 is 11.6. The molecule has 6 heteroatoms. The Morgan fingerprint density at radius 1 is 0.893 bits per heavy atom. The number of fused-ring (bicyclic) bond motifs is 2. The van der Waals surface area contributed by atoms with Crippen LogP contribution in [0.3, 0.4) is 0 Å². The number of carbonyl (C=O) groups is 1. The zero-order valence-corrected chi connectivity index (χ0v) is 15.4. The maximum absolute atomic E-state index is 12.7. The number of carbonyl (C=O) groups excluding carboxylic acids is 1. The Bertz CT molecular complexity index is 1100. The predicted octanol–water partition coefficient (Wildman–Crippen LogP) is 3.74. The molecule has 2 aliphatic heterocycles. The minimum Gasteiger partial charge on any atom is -0.510 e. The van der Waals surface area contributed by atoms with Crippen LogP contribution in [0.4, 0.5) is 11.4 Å². The van der Waals surface area contributed by atoms with E-state index in [1.165, 1.54) is 0 Å². The number of anilines is 2. The molecular formula is C22H18N2O4. The smallest absolute Gasteiger partial charge is 0.201 e. The second kappa shape index (κ2) is 5.92. The van der Waals surface area contributed by atoms with Crippen LogP contribution in [0.1, 0.15) is 0 Å². The first-order valence-corrected chi connectivity index (χ1v) is 8.96. The van der Waals surface area contributed by atoms with Gasteiger partial charge < -0.3 is 24.4 Å². The molecule has 3 aliphatic rings. The molecule has 28 heavy (non-hydrogen) atoms. The number of aliphatic hydroxyl groups is 1. The molecule has 0 bridgehead atoms. The summed E-state index contributed by atoms with van der Waals surface area (Å²) in [6.45, 7) is 0. The summed E-state index contributed by atoms with van der Waals surface area (Å²) in [6, 6.07) is 15.2. The summed E-state index contributed by atoms with van der Waals surface area (Å²) in [5.74, 6) is 1.62. The summed E-state index contributed by atoms with van der Waals surface area (Å²) in [5, 5.41) is 10.5. The molecule has 0 spiro atoms. The predicted molar refractivity (Wildman–Crippen MR) is 105 cm³/mol. The third kappa shape index (κ3) is 2.31. The van der Waals surface area contributed by atoms with Crippen molar-refractivity contribution in [1.29, 1.82) is 0 Å². The molecule has 0 radical (unpaired) electrons. The van der Waals surface area contributed by atoms with Gasteiger partial charge in [0.2, 0.25) is 5.88 Å². The van der Waals surface area contributed by atoms with E-state index < -0.39 is 5.92 Å². The fourth-order valence-corrected chi connectivity index (χ4v) is 3.59. The lowest BCUT2D eigenvalue weighted by atomic mass is 9.82. The highest BCUT2D eigenvalue weighted by molar-refractivity contribution is 6.09. The van der Waals surface area contributed by atoms with Gasteiger partial charge in [0.25, 0.3) is 0 Å². The lowest BCUT2D eigenvalue weighted by Crippen LogP contribution is -2.31. The lowest BCUT2D eigenvalue weighted by Gasteiger charge is -2.25. The zero-order valence-electron chi connectivity index (χ0n) is 15.4. The molecule has 1 unspecified atom stereocenters. The van der Waals surface area contributed by atoms with Gasteiger partial charge in [0, 0.05) is 20.2 Å². The molecule has 140 valence electrons. The van der Waals surface area contributed by atoms with Crippen molar-refractivity contribution in [2.45, 2.75) is 0 Å².